The van der Waals surface area contributed by atoms with Crippen LogP contribution in [0.15, 0.2) is 0 Å². The summed E-state index contributed by atoms with van der Waals surface area (Å²) < 4.78 is 0. The third-order valence-electron chi connectivity index (χ3n) is 4.74. The quantitative estimate of drug-likeness (QED) is 0.612. The van der Waals surface area contributed by atoms with E-state index >= 15 is 0 Å². The van der Waals surface area contributed by atoms with Gasteiger partial charge in [0.05, 0.1) is 0 Å². The Morgan fingerprint density at radius 3 is 2.07 bits per heavy atom. The molecule has 0 aromatic heterocycles. The fourth-order valence-electron chi connectivity index (χ4n) is 3.78. The molecule has 0 heterocycles. The molecule has 0 saturated heterocycles. The third-order valence-corrected chi connectivity index (χ3v) is 4.74. The summed E-state index contributed by atoms with van der Waals surface area (Å²) in [7, 11) is 0. The molecule has 0 spiro atoms. The highest BCUT2D eigenvalue weighted by Crippen LogP contribution is 2.40. The van der Waals surface area contributed by atoms with Crippen molar-refractivity contribution in [3.8, 4) is 0 Å². The summed E-state index contributed by atoms with van der Waals surface area (Å²) in [4.78, 5) is 0. The fraction of sp³-hybridized carbons (Fsp3) is 0.933. The van der Waals surface area contributed by atoms with Crippen LogP contribution in [0.3, 0.4) is 0 Å². The highest BCUT2D eigenvalue weighted by atomic mass is 14.3. The lowest BCUT2D eigenvalue weighted by Crippen LogP contribution is -2.23. The van der Waals surface area contributed by atoms with Crippen LogP contribution in [0.5, 0.6) is 0 Å². The van der Waals surface area contributed by atoms with E-state index in [4.69, 9.17) is 0 Å². The lowest BCUT2D eigenvalue weighted by atomic mass is 9.70. The van der Waals surface area contributed by atoms with Gasteiger partial charge >= 0.3 is 0 Å². The van der Waals surface area contributed by atoms with E-state index in [1.165, 1.54) is 38.5 Å². The second kappa shape index (κ2) is 5.92. The molecule has 0 atom stereocenters. The first kappa shape index (κ1) is 11.5. The van der Waals surface area contributed by atoms with Gasteiger partial charge in [-0.2, -0.15) is 0 Å². The second-order valence-electron chi connectivity index (χ2n) is 5.77. The Bertz CT molecular complexity index is 159. The third kappa shape index (κ3) is 3.23. The summed E-state index contributed by atoms with van der Waals surface area (Å²) in [6.45, 7) is 2.34. The molecule has 2 saturated carbocycles. The minimum Gasteiger partial charge on any atom is -0.0654 e. The first-order valence-corrected chi connectivity index (χ1v) is 7.21. The van der Waals surface area contributed by atoms with E-state index in [1.54, 1.807) is 25.7 Å². The zero-order valence-electron chi connectivity index (χ0n) is 10.4. The lowest BCUT2D eigenvalue weighted by molar-refractivity contribution is 0.173. The maximum atomic E-state index is 2.50. The molecule has 0 aromatic rings. The van der Waals surface area contributed by atoms with Crippen LogP contribution in [0, 0.1) is 24.2 Å². The Morgan fingerprint density at radius 2 is 1.47 bits per heavy atom. The molecular formula is C15H27. The van der Waals surface area contributed by atoms with Crippen molar-refractivity contribution < 1.29 is 0 Å². The van der Waals surface area contributed by atoms with Crippen molar-refractivity contribution in [1.29, 1.82) is 0 Å². The van der Waals surface area contributed by atoms with Gasteiger partial charge in [-0.25, -0.2) is 0 Å². The topological polar surface area (TPSA) is 0 Å². The van der Waals surface area contributed by atoms with Gasteiger partial charge in [0, 0.05) is 0 Å². The van der Waals surface area contributed by atoms with Gasteiger partial charge in [-0.15, -0.1) is 0 Å². The van der Waals surface area contributed by atoms with Gasteiger partial charge in [-0.05, 0) is 62.7 Å². The molecule has 0 bridgehead atoms. The van der Waals surface area contributed by atoms with Crippen molar-refractivity contribution in [3.63, 3.8) is 0 Å². The first-order valence-electron chi connectivity index (χ1n) is 7.21. The molecule has 0 nitrogen and oxygen atoms in total. The molecule has 2 fully saturated rings. The minimum atomic E-state index is 1.08. The molecular weight excluding hydrogens is 180 g/mol. The monoisotopic (exact) mass is 207 g/mol. The van der Waals surface area contributed by atoms with Crippen LogP contribution >= 0.6 is 0 Å². The highest BCUT2D eigenvalue weighted by Gasteiger charge is 2.27. The van der Waals surface area contributed by atoms with E-state index in [2.05, 4.69) is 13.3 Å². The number of hydrogen-bond acceptors (Lipinski definition) is 0. The molecule has 1 radical (unpaired) electrons. The van der Waals surface area contributed by atoms with E-state index in [0.29, 0.717) is 0 Å². The van der Waals surface area contributed by atoms with E-state index in [1.807, 2.05) is 0 Å². The van der Waals surface area contributed by atoms with Crippen molar-refractivity contribution in [2.75, 3.05) is 0 Å². The SMILES string of the molecule is CCC[C@H]1CC[C@H](C2CC[CH]CC2)CC1. The van der Waals surface area contributed by atoms with Gasteiger partial charge in [0.1, 0.15) is 0 Å². The van der Waals surface area contributed by atoms with E-state index in [-0.39, 0.29) is 0 Å². The maximum absolute atomic E-state index is 2.50. The van der Waals surface area contributed by atoms with Crippen molar-refractivity contribution in [2.24, 2.45) is 17.8 Å². The average Bonchev–Trinajstić information content (AvgIpc) is 2.32. The number of hydrogen-bond donors (Lipinski definition) is 0. The fourth-order valence-corrected chi connectivity index (χ4v) is 3.78. The molecule has 15 heavy (non-hydrogen) atoms. The summed E-state index contributed by atoms with van der Waals surface area (Å²) in [5, 5.41) is 0. The zero-order valence-corrected chi connectivity index (χ0v) is 10.4. The van der Waals surface area contributed by atoms with Crippen LogP contribution in [0.25, 0.3) is 0 Å². The second-order valence-corrected chi connectivity index (χ2v) is 5.77. The summed E-state index contributed by atoms with van der Waals surface area (Å²) in [5.74, 6) is 3.28. The molecule has 0 N–H and O–H groups in total. The van der Waals surface area contributed by atoms with Gasteiger partial charge in [0.2, 0.25) is 0 Å². The Kier molecular flexibility index (Phi) is 4.53. The Labute approximate surface area is 95.8 Å². The minimum absolute atomic E-state index is 1.08. The molecule has 2 aliphatic rings. The molecule has 0 aliphatic heterocycles. The molecule has 2 aliphatic carbocycles. The summed E-state index contributed by atoms with van der Waals surface area (Å²) in [6, 6.07) is 0. The van der Waals surface area contributed by atoms with Crippen molar-refractivity contribution >= 4 is 0 Å². The van der Waals surface area contributed by atoms with Crippen LogP contribution in [-0.2, 0) is 0 Å². The van der Waals surface area contributed by atoms with Crippen LogP contribution in [0.4, 0.5) is 0 Å². The molecule has 0 aromatic carbocycles. The molecule has 0 heteroatoms. The van der Waals surface area contributed by atoms with Crippen LogP contribution in [0.2, 0.25) is 0 Å². The molecule has 0 unspecified atom stereocenters. The first-order chi connectivity index (χ1) is 7.40. The van der Waals surface area contributed by atoms with E-state index in [0.717, 1.165) is 17.8 Å². The van der Waals surface area contributed by atoms with Gasteiger partial charge in [-0.3, -0.25) is 0 Å². The predicted molar refractivity (Wildman–Crippen MR) is 66.6 cm³/mol. The van der Waals surface area contributed by atoms with Crippen LogP contribution < -0.4 is 0 Å². The Hall–Kier alpha value is 0. The van der Waals surface area contributed by atoms with Gasteiger partial charge in [0.15, 0.2) is 0 Å². The Balaban J connectivity index is 1.72. The smallest absolute Gasteiger partial charge is 0.0386 e. The summed E-state index contributed by atoms with van der Waals surface area (Å²) in [6.07, 6.45) is 17.4. The van der Waals surface area contributed by atoms with Crippen molar-refractivity contribution in [1.82, 2.24) is 0 Å². The predicted octanol–water partition coefficient (Wildman–Crippen LogP) is 4.99. The van der Waals surface area contributed by atoms with E-state index in [9.17, 15) is 0 Å². The Morgan fingerprint density at radius 1 is 0.867 bits per heavy atom. The maximum Gasteiger partial charge on any atom is -0.0386 e. The molecule has 87 valence electrons. The normalized spacial score (nSPS) is 34.2. The largest absolute Gasteiger partial charge is 0.0654 e. The van der Waals surface area contributed by atoms with Gasteiger partial charge < -0.3 is 0 Å². The number of rotatable bonds is 3. The lowest BCUT2D eigenvalue weighted by Gasteiger charge is -2.35. The summed E-state index contributed by atoms with van der Waals surface area (Å²) in [5.41, 5.74) is 0. The van der Waals surface area contributed by atoms with E-state index < -0.39 is 0 Å². The van der Waals surface area contributed by atoms with Gasteiger partial charge in [-0.1, -0.05) is 32.6 Å². The van der Waals surface area contributed by atoms with Crippen LogP contribution in [0.1, 0.15) is 71.1 Å². The van der Waals surface area contributed by atoms with Crippen molar-refractivity contribution in [3.05, 3.63) is 6.42 Å². The zero-order chi connectivity index (χ0) is 10.5. The van der Waals surface area contributed by atoms with Gasteiger partial charge in [0.25, 0.3) is 0 Å². The van der Waals surface area contributed by atoms with Crippen LogP contribution in [-0.4, -0.2) is 0 Å². The molecule has 0 amide bonds. The summed E-state index contributed by atoms with van der Waals surface area (Å²) >= 11 is 0. The standard InChI is InChI=1S/C15H27/c1-2-6-13-9-11-15(12-10-13)14-7-4-3-5-8-14/h3,13-15H,2,4-12H2,1H3/t13-,15-. The molecule has 2 rings (SSSR count). The highest BCUT2D eigenvalue weighted by molar-refractivity contribution is 4.83. The van der Waals surface area contributed by atoms with Crippen molar-refractivity contribution in [2.45, 2.75) is 71.1 Å². The average molecular weight is 207 g/mol.